The molecule has 2 heterocycles. The Kier molecular flexibility index (Phi) is 9.11. The predicted molar refractivity (Wildman–Crippen MR) is 229 cm³/mol. The maximum Gasteiger partial charge on any atom is 0.258 e. The van der Waals surface area contributed by atoms with E-state index in [-0.39, 0.29) is 22.2 Å². The standard InChI is InChI=1S/C48H50N2O4/c1-3-5-7-9-11-13-15-17-19-27-21-29-23-33-40-36(48(54)50-45(33)51)26-32-28(20-18-16-14-12-10-8-6-4-2)22-30-24-34-39-35(47(53)49-46(34)52)25-31(27)41-37(29)44(40)42(32)38(30)43(39)41/h21-26H,3-20H2,1-2H3,(H,49,52,53)(H,50,51,54). The van der Waals surface area contributed by atoms with Gasteiger partial charge in [-0.2, -0.15) is 0 Å². The molecule has 2 N–H and O–H groups in total. The van der Waals surface area contributed by atoms with Gasteiger partial charge in [0.25, 0.3) is 22.2 Å². The van der Waals surface area contributed by atoms with Crippen molar-refractivity contribution in [2.24, 2.45) is 0 Å². The molecule has 0 saturated carbocycles. The summed E-state index contributed by atoms with van der Waals surface area (Å²) in [5.41, 5.74) is 0.892. The van der Waals surface area contributed by atoms with Crippen molar-refractivity contribution in [3.63, 3.8) is 0 Å². The van der Waals surface area contributed by atoms with Crippen molar-refractivity contribution >= 4 is 86.2 Å². The maximum atomic E-state index is 13.7. The second-order valence-electron chi connectivity index (χ2n) is 16.3. The second kappa shape index (κ2) is 14.1. The highest BCUT2D eigenvalue weighted by atomic mass is 16.2. The van der Waals surface area contributed by atoms with Crippen LogP contribution in [0.4, 0.5) is 0 Å². The molecule has 0 radical (unpaired) electrons. The van der Waals surface area contributed by atoms with Crippen molar-refractivity contribution < 1.29 is 0 Å². The van der Waals surface area contributed by atoms with Gasteiger partial charge in [0, 0.05) is 43.1 Å². The van der Waals surface area contributed by atoms with Gasteiger partial charge in [0.05, 0.1) is 0 Å². The number of pyridine rings is 2. The molecule has 9 aromatic rings. The van der Waals surface area contributed by atoms with Gasteiger partial charge in [-0.05, 0) is 104 Å². The molecule has 2 aromatic heterocycles. The number of aromatic amines is 2. The Morgan fingerprint density at radius 1 is 0.333 bits per heavy atom. The molecule has 6 nitrogen and oxygen atoms in total. The molecule has 0 aliphatic rings. The van der Waals surface area contributed by atoms with Crippen LogP contribution >= 0.6 is 0 Å². The second-order valence-corrected chi connectivity index (χ2v) is 16.3. The number of aryl methyl sites for hydroxylation is 2. The smallest absolute Gasteiger partial charge is 0.258 e. The Hall–Kier alpha value is -4.84. The van der Waals surface area contributed by atoms with Crippen LogP contribution in [0.1, 0.15) is 128 Å². The van der Waals surface area contributed by atoms with E-state index in [0.29, 0.717) is 21.5 Å². The van der Waals surface area contributed by atoms with E-state index < -0.39 is 0 Å². The normalized spacial score (nSPS) is 12.8. The lowest BCUT2D eigenvalue weighted by atomic mass is 9.77. The van der Waals surface area contributed by atoms with E-state index in [1.54, 1.807) is 0 Å². The zero-order valence-electron chi connectivity index (χ0n) is 31.8. The van der Waals surface area contributed by atoms with E-state index in [1.165, 1.54) is 77.0 Å². The molecule has 0 atom stereocenters. The zero-order chi connectivity index (χ0) is 37.1. The zero-order valence-corrected chi connectivity index (χ0v) is 31.8. The van der Waals surface area contributed by atoms with Crippen LogP contribution in [0.5, 0.6) is 0 Å². The number of hydrogen-bond acceptors (Lipinski definition) is 4. The van der Waals surface area contributed by atoms with Crippen molar-refractivity contribution in [3.8, 4) is 0 Å². The third-order valence-electron chi connectivity index (χ3n) is 12.8. The van der Waals surface area contributed by atoms with Crippen LogP contribution in [-0.4, -0.2) is 9.97 Å². The van der Waals surface area contributed by atoms with Gasteiger partial charge in [0.2, 0.25) is 0 Å². The van der Waals surface area contributed by atoms with Crippen molar-refractivity contribution in [1.29, 1.82) is 0 Å². The average Bonchev–Trinajstić information content (AvgIpc) is 3.16. The van der Waals surface area contributed by atoms with Gasteiger partial charge in [-0.1, -0.05) is 116 Å². The number of aromatic nitrogens is 2. The fourth-order valence-electron chi connectivity index (χ4n) is 10.1. The molecule has 0 bridgehead atoms. The summed E-state index contributed by atoms with van der Waals surface area (Å²) < 4.78 is 0. The quantitative estimate of drug-likeness (QED) is 0.0524. The molecule has 0 unspecified atom stereocenters. The molecule has 54 heavy (non-hydrogen) atoms. The lowest BCUT2D eigenvalue weighted by Gasteiger charge is -2.25. The van der Waals surface area contributed by atoms with Gasteiger partial charge in [-0.15, -0.1) is 0 Å². The molecule has 0 aliphatic heterocycles. The summed E-state index contributed by atoms with van der Waals surface area (Å²) in [6.07, 6.45) is 21.2. The highest BCUT2D eigenvalue weighted by Gasteiger charge is 2.28. The molecule has 0 amide bonds. The molecule has 0 spiro atoms. The van der Waals surface area contributed by atoms with Gasteiger partial charge in [-0.25, -0.2) is 0 Å². The summed E-state index contributed by atoms with van der Waals surface area (Å²) in [7, 11) is 0. The van der Waals surface area contributed by atoms with E-state index in [9.17, 15) is 19.2 Å². The first-order chi connectivity index (χ1) is 26.4. The number of rotatable bonds is 18. The maximum absolute atomic E-state index is 13.7. The monoisotopic (exact) mass is 718 g/mol. The van der Waals surface area contributed by atoms with Gasteiger partial charge in [0.1, 0.15) is 0 Å². The highest BCUT2D eigenvalue weighted by molar-refractivity contribution is 6.49. The first-order valence-electron chi connectivity index (χ1n) is 20.9. The van der Waals surface area contributed by atoms with E-state index in [0.717, 1.165) is 114 Å². The van der Waals surface area contributed by atoms with Gasteiger partial charge in [-0.3, -0.25) is 29.1 Å². The predicted octanol–water partition coefficient (Wildman–Crippen LogP) is 11.6. The highest BCUT2D eigenvalue weighted by Crippen LogP contribution is 2.52. The number of unbranched alkanes of at least 4 members (excludes halogenated alkanes) is 14. The van der Waals surface area contributed by atoms with Gasteiger partial charge >= 0.3 is 0 Å². The van der Waals surface area contributed by atoms with Crippen LogP contribution in [0.15, 0.2) is 55.6 Å². The molecular weight excluding hydrogens is 669 g/mol. The van der Waals surface area contributed by atoms with E-state index in [2.05, 4.69) is 35.9 Å². The molecule has 0 fully saturated rings. The number of H-pyrrole nitrogens is 2. The minimum absolute atomic E-state index is 0.354. The van der Waals surface area contributed by atoms with Crippen LogP contribution in [0, 0.1) is 0 Å². The van der Waals surface area contributed by atoms with Crippen LogP contribution in [-0.2, 0) is 12.8 Å². The lowest BCUT2D eigenvalue weighted by molar-refractivity contribution is 0.576. The van der Waals surface area contributed by atoms with Gasteiger partial charge in [0.15, 0.2) is 0 Å². The molecule has 0 aliphatic carbocycles. The molecule has 276 valence electrons. The van der Waals surface area contributed by atoms with Crippen LogP contribution < -0.4 is 22.2 Å². The average molecular weight is 719 g/mol. The number of benzene rings is 7. The Labute approximate surface area is 313 Å². The van der Waals surface area contributed by atoms with Gasteiger partial charge < -0.3 is 0 Å². The molecule has 6 heteroatoms. The number of hydrogen-bond donors (Lipinski definition) is 2. The summed E-state index contributed by atoms with van der Waals surface area (Å²) in [4.78, 5) is 59.9. The first kappa shape index (κ1) is 34.9. The first-order valence-corrected chi connectivity index (χ1v) is 20.9. The topological polar surface area (TPSA) is 99.9 Å². The minimum Gasteiger partial charge on any atom is -0.288 e. The van der Waals surface area contributed by atoms with Crippen LogP contribution in [0.25, 0.3) is 86.2 Å². The van der Waals surface area contributed by atoms with E-state index >= 15 is 0 Å². The Balaban J connectivity index is 1.29. The summed E-state index contributed by atoms with van der Waals surface area (Å²) >= 11 is 0. The molecular formula is C48H50N2O4. The third-order valence-corrected chi connectivity index (χ3v) is 12.8. The molecule has 0 saturated heterocycles. The van der Waals surface area contributed by atoms with E-state index in [4.69, 9.17) is 0 Å². The lowest BCUT2D eigenvalue weighted by Crippen LogP contribution is -2.21. The summed E-state index contributed by atoms with van der Waals surface area (Å²) in [5.74, 6) is 0. The van der Waals surface area contributed by atoms with Crippen molar-refractivity contribution in [2.45, 2.75) is 129 Å². The molecule has 7 aromatic carbocycles. The summed E-state index contributed by atoms with van der Waals surface area (Å²) in [6, 6.07) is 12.5. The SMILES string of the molecule is CCCCCCCCCCc1cc2cc3c(=O)[nH]c(=O)c4cc5c(CCCCCCCCCC)cc6cc7c(=O)[nH]c(=O)c8cc1c1c2c(c34)c5c6c1c78. The van der Waals surface area contributed by atoms with Crippen molar-refractivity contribution in [1.82, 2.24) is 9.97 Å². The van der Waals surface area contributed by atoms with Crippen LogP contribution in [0.3, 0.4) is 0 Å². The van der Waals surface area contributed by atoms with Crippen molar-refractivity contribution in [2.75, 3.05) is 0 Å². The summed E-state index contributed by atoms with van der Waals surface area (Å²) in [5, 5.41) is 13.7. The molecule has 9 rings (SSSR count). The fourth-order valence-corrected chi connectivity index (χ4v) is 10.1. The van der Waals surface area contributed by atoms with Crippen molar-refractivity contribution in [3.05, 3.63) is 88.9 Å². The summed E-state index contributed by atoms with van der Waals surface area (Å²) in [6.45, 7) is 4.49. The Morgan fingerprint density at radius 3 is 1.04 bits per heavy atom. The fraction of sp³-hybridized carbons (Fsp3) is 0.417. The van der Waals surface area contributed by atoms with Crippen LogP contribution in [0.2, 0.25) is 0 Å². The number of nitrogens with one attached hydrogen (secondary N) is 2. The third kappa shape index (κ3) is 5.50. The largest absolute Gasteiger partial charge is 0.288 e. The Morgan fingerprint density at radius 2 is 0.667 bits per heavy atom. The minimum atomic E-state index is -0.358. The Bertz CT molecular complexity index is 2800. The van der Waals surface area contributed by atoms with E-state index in [1.807, 2.05) is 24.3 Å².